The van der Waals surface area contributed by atoms with Gasteiger partial charge in [0.25, 0.3) is 0 Å². The van der Waals surface area contributed by atoms with Gasteiger partial charge in [-0.05, 0) is 39.9 Å². The number of aliphatic carboxylic acids is 1. The molecule has 5 rings (SSSR count). The molecule has 0 saturated carbocycles. The zero-order valence-electron chi connectivity index (χ0n) is 23.7. The van der Waals surface area contributed by atoms with Crippen molar-refractivity contribution in [2.24, 2.45) is 5.92 Å². The van der Waals surface area contributed by atoms with Gasteiger partial charge in [-0.25, -0.2) is 4.98 Å². The van der Waals surface area contributed by atoms with E-state index in [2.05, 4.69) is 33.5 Å². The first-order valence-corrected chi connectivity index (χ1v) is 15.0. The number of benzene rings is 3. The molecule has 4 N–H and O–H groups in total. The van der Waals surface area contributed by atoms with Gasteiger partial charge in [0.1, 0.15) is 6.33 Å². The molecule has 3 aromatic carbocycles. The Morgan fingerprint density at radius 1 is 0.953 bits per heavy atom. The minimum atomic E-state index is -0.997. The fourth-order valence-corrected chi connectivity index (χ4v) is 5.91. The summed E-state index contributed by atoms with van der Waals surface area (Å²) < 4.78 is 13.2. The van der Waals surface area contributed by atoms with Crippen LogP contribution in [0.2, 0.25) is 0 Å². The average Bonchev–Trinajstić information content (AvgIpc) is 3.56. The molecular formula is C32H34N4O6S. The lowest BCUT2D eigenvalue weighted by molar-refractivity contribution is -0.268. The van der Waals surface area contributed by atoms with Crippen molar-refractivity contribution >= 4 is 23.6 Å². The molecule has 1 fully saturated rings. The highest BCUT2D eigenvalue weighted by molar-refractivity contribution is 7.99. The van der Waals surface area contributed by atoms with Gasteiger partial charge in [0.15, 0.2) is 11.4 Å². The number of hydrogen-bond donors (Lipinski definition) is 4. The molecule has 2 heterocycles. The number of carboxylic acids is 1. The van der Waals surface area contributed by atoms with Crippen molar-refractivity contribution in [3.63, 3.8) is 0 Å². The van der Waals surface area contributed by atoms with E-state index in [9.17, 15) is 14.7 Å². The molecule has 43 heavy (non-hydrogen) atoms. The number of nitrogens with one attached hydrogen (secondary N) is 2. The topological polar surface area (TPSA) is 147 Å². The number of ether oxygens (including phenoxy) is 2. The zero-order chi connectivity index (χ0) is 30.2. The number of aliphatic hydroxyl groups excluding tert-OH is 1. The minimum Gasteiger partial charge on any atom is -0.481 e. The summed E-state index contributed by atoms with van der Waals surface area (Å²) in [7, 11) is 0. The Bertz CT molecular complexity index is 1510. The van der Waals surface area contributed by atoms with Crippen LogP contribution in [0.4, 0.5) is 0 Å². The maximum absolute atomic E-state index is 12.0. The summed E-state index contributed by atoms with van der Waals surface area (Å²) in [5.41, 5.74) is 5.58. The van der Waals surface area contributed by atoms with Gasteiger partial charge >= 0.3 is 5.97 Å². The first kappa shape index (κ1) is 30.4. The van der Waals surface area contributed by atoms with Crippen LogP contribution >= 0.6 is 11.8 Å². The van der Waals surface area contributed by atoms with Crippen LogP contribution in [0.5, 0.6) is 0 Å². The minimum absolute atomic E-state index is 0.0192. The summed E-state index contributed by atoms with van der Waals surface area (Å²) in [5.74, 6) is -0.603. The van der Waals surface area contributed by atoms with Gasteiger partial charge in [0.05, 0.1) is 25.2 Å². The maximum atomic E-state index is 12.0. The second-order valence-corrected chi connectivity index (χ2v) is 11.4. The van der Waals surface area contributed by atoms with Crippen molar-refractivity contribution in [1.29, 1.82) is 0 Å². The predicted molar refractivity (Wildman–Crippen MR) is 161 cm³/mol. The fourth-order valence-electron chi connectivity index (χ4n) is 4.97. The smallest absolute Gasteiger partial charge is 0.303 e. The SMILES string of the molecule is CC1C(CSc2ncn[nH]2)OC(c2cccc(-c3cccc(CNC(=O)CCC(=O)O)c3)c2)OC1c1ccc(CO)cc1. The number of aliphatic hydroxyl groups is 1. The van der Waals surface area contributed by atoms with E-state index in [0.717, 1.165) is 38.5 Å². The lowest BCUT2D eigenvalue weighted by Gasteiger charge is -2.41. The number of hydrogen-bond acceptors (Lipinski definition) is 8. The molecule has 1 aliphatic heterocycles. The Hall–Kier alpha value is -4.03. The average molecular weight is 603 g/mol. The Labute approximate surface area is 253 Å². The molecule has 0 radical (unpaired) electrons. The van der Waals surface area contributed by atoms with E-state index in [1.165, 1.54) is 6.33 Å². The molecule has 4 unspecified atom stereocenters. The van der Waals surface area contributed by atoms with Crippen molar-refractivity contribution in [3.8, 4) is 11.1 Å². The lowest BCUT2D eigenvalue weighted by Crippen LogP contribution is -2.38. The van der Waals surface area contributed by atoms with Crippen molar-refractivity contribution in [1.82, 2.24) is 20.5 Å². The number of aromatic amines is 1. The quantitative estimate of drug-likeness (QED) is 0.164. The third kappa shape index (κ3) is 8.08. The summed E-state index contributed by atoms with van der Waals surface area (Å²) in [5, 5.41) is 28.6. The summed E-state index contributed by atoms with van der Waals surface area (Å²) in [6, 6.07) is 23.7. The second kappa shape index (κ2) is 14.4. The van der Waals surface area contributed by atoms with Crippen LogP contribution in [-0.4, -0.2) is 49.1 Å². The van der Waals surface area contributed by atoms with Crippen LogP contribution in [0.1, 0.15) is 54.4 Å². The molecular weight excluding hydrogens is 568 g/mol. The standard InChI is InChI=1S/C32H34N4O6S/c1-20-27(18-43-32-34-19-35-36-32)41-31(42-30(20)23-10-8-21(17-37)9-11-23)26-7-3-6-25(15-26)24-5-2-4-22(14-24)16-33-28(38)12-13-29(39)40/h2-11,14-15,19-20,27,30-31,37H,12-13,16-18H2,1H3,(H,33,38)(H,39,40)(H,34,35,36). The van der Waals surface area contributed by atoms with Gasteiger partial charge in [-0.3, -0.25) is 14.7 Å². The van der Waals surface area contributed by atoms with Gasteiger partial charge in [-0.15, -0.1) is 0 Å². The van der Waals surface area contributed by atoms with Crippen molar-refractivity contribution in [3.05, 3.63) is 101 Å². The van der Waals surface area contributed by atoms with E-state index in [0.29, 0.717) is 12.3 Å². The first-order chi connectivity index (χ1) is 20.9. The third-order valence-electron chi connectivity index (χ3n) is 7.38. The molecule has 1 saturated heterocycles. The van der Waals surface area contributed by atoms with E-state index < -0.39 is 12.3 Å². The second-order valence-electron chi connectivity index (χ2n) is 10.4. The molecule has 4 atom stereocenters. The summed E-state index contributed by atoms with van der Waals surface area (Å²) in [6.45, 7) is 2.41. The van der Waals surface area contributed by atoms with Crippen molar-refractivity contribution in [2.45, 2.75) is 56.6 Å². The van der Waals surface area contributed by atoms with E-state index in [1.807, 2.05) is 66.7 Å². The number of carboxylic acid groups (broad SMARTS) is 1. The van der Waals surface area contributed by atoms with Crippen molar-refractivity contribution < 1.29 is 29.3 Å². The summed E-state index contributed by atoms with van der Waals surface area (Å²) >= 11 is 1.55. The molecule has 11 heteroatoms. The van der Waals surface area contributed by atoms with Gasteiger partial charge in [-0.2, -0.15) is 5.10 Å². The number of amides is 1. The van der Waals surface area contributed by atoms with Gasteiger partial charge in [-0.1, -0.05) is 79.3 Å². The van der Waals surface area contributed by atoms with Crippen LogP contribution in [0.25, 0.3) is 11.1 Å². The van der Waals surface area contributed by atoms with Crippen LogP contribution < -0.4 is 5.32 Å². The zero-order valence-corrected chi connectivity index (χ0v) is 24.5. The van der Waals surface area contributed by atoms with Crippen LogP contribution in [0, 0.1) is 5.92 Å². The Morgan fingerprint density at radius 3 is 2.44 bits per heavy atom. The number of carbonyl (C=O) groups excluding carboxylic acids is 1. The number of aromatic nitrogens is 3. The molecule has 0 aliphatic carbocycles. The first-order valence-electron chi connectivity index (χ1n) is 14.1. The molecule has 1 aliphatic rings. The van der Waals surface area contributed by atoms with Gasteiger partial charge in [0, 0.05) is 30.2 Å². The van der Waals surface area contributed by atoms with E-state index in [-0.39, 0.29) is 43.5 Å². The largest absolute Gasteiger partial charge is 0.481 e. The molecule has 224 valence electrons. The predicted octanol–water partition coefficient (Wildman–Crippen LogP) is 5.03. The number of thioether (sulfide) groups is 1. The highest BCUT2D eigenvalue weighted by Crippen LogP contribution is 2.43. The maximum Gasteiger partial charge on any atom is 0.303 e. The molecule has 1 amide bonds. The number of nitrogens with zero attached hydrogens (tertiary/aromatic N) is 2. The highest BCUT2D eigenvalue weighted by Gasteiger charge is 2.38. The van der Waals surface area contributed by atoms with Crippen LogP contribution in [-0.2, 0) is 32.2 Å². The van der Waals surface area contributed by atoms with E-state index in [4.69, 9.17) is 14.6 Å². The Kier molecular flexibility index (Phi) is 10.2. The molecule has 0 spiro atoms. The van der Waals surface area contributed by atoms with E-state index >= 15 is 0 Å². The molecule has 4 aromatic rings. The molecule has 1 aromatic heterocycles. The van der Waals surface area contributed by atoms with Crippen molar-refractivity contribution in [2.75, 3.05) is 5.75 Å². The fraction of sp³-hybridized carbons (Fsp3) is 0.312. The summed E-state index contributed by atoms with van der Waals surface area (Å²) in [6.07, 6.45) is 0.240. The van der Waals surface area contributed by atoms with Gasteiger partial charge < -0.3 is 25.0 Å². The monoisotopic (exact) mass is 602 g/mol. The Morgan fingerprint density at radius 2 is 1.72 bits per heavy atom. The number of H-pyrrole nitrogens is 1. The van der Waals surface area contributed by atoms with Crippen LogP contribution in [0.3, 0.4) is 0 Å². The third-order valence-corrected chi connectivity index (χ3v) is 8.34. The molecule has 0 bridgehead atoms. The molecule has 10 nitrogen and oxygen atoms in total. The highest BCUT2D eigenvalue weighted by atomic mass is 32.2. The normalized spacial score (nSPS) is 20.0. The summed E-state index contributed by atoms with van der Waals surface area (Å²) in [4.78, 5) is 27.0. The van der Waals surface area contributed by atoms with E-state index in [1.54, 1.807) is 11.8 Å². The number of rotatable bonds is 12. The van der Waals surface area contributed by atoms with Gasteiger partial charge in [0.2, 0.25) is 5.91 Å². The Balaban J connectivity index is 1.35. The van der Waals surface area contributed by atoms with Crippen LogP contribution in [0.15, 0.2) is 84.3 Å². The number of carbonyl (C=O) groups is 2. The lowest BCUT2D eigenvalue weighted by atomic mass is 9.91.